The van der Waals surface area contributed by atoms with Gasteiger partial charge in [-0.2, -0.15) is 0 Å². The van der Waals surface area contributed by atoms with E-state index in [0.717, 1.165) is 45.7 Å². The smallest absolute Gasteiger partial charge is 0.255 e. The van der Waals surface area contributed by atoms with Crippen molar-refractivity contribution in [2.75, 3.05) is 46.4 Å². The van der Waals surface area contributed by atoms with E-state index in [4.69, 9.17) is 4.74 Å². The maximum absolute atomic E-state index is 12.8. The number of amides is 2. The number of methoxy groups -OCH3 is 1. The van der Waals surface area contributed by atoms with Crippen molar-refractivity contribution in [1.29, 1.82) is 0 Å². The van der Waals surface area contributed by atoms with Crippen LogP contribution in [0, 0.1) is 5.92 Å². The summed E-state index contributed by atoms with van der Waals surface area (Å²) in [5.41, 5.74) is 1.78. The summed E-state index contributed by atoms with van der Waals surface area (Å²) in [6.07, 6.45) is 0.885. The summed E-state index contributed by atoms with van der Waals surface area (Å²) in [5, 5.41) is 5.88. The molecule has 3 rings (SSSR count). The highest BCUT2D eigenvalue weighted by Gasteiger charge is 2.25. The first-order valence-corrected chi connectivity index (χ1v) is 12.2. The molecule has 2 N–H and O–H groups in total. The number of piperazine rings is 1. The number of carbonyl (C=O) groups excluding carboxylic acids is 2. The largest absolute Gasteiger partial charge is 0.496 e. The van der Waals surface area contributed by atoms with Crippen molar-refractivity contribution in [3.8, 4) is 5.75 Å². The number of hydrogen-bond acceptors (Lipinski definition) is 5. The van der Waals surface area contributed by atoms with Crippen LogP contribution in [0.4, 0.5) is 0 Å². The van der Waals surface area contributed by atoms with Gasteiger partial charge in [0, 0.05) is 39.3 Å². The minimum Gasteiger partial charge on any atom is -0.496 e. The highest BCUT2D eigenvalue weighted by molar-refractivity contribution is 5.99. The Bertz CT molecular complexity index is 911. The molecule has 2 aromatic carbocycles. The summed E-state index contributed by atoms with van der Waals surface area (Å²) in [5.74, 6) is 0.00808. The van der Waals surface area contributed by atoms with E-state index >= 15 is 0 Å². The molecule has 7 nitrogen and oxygen atoms in total. The molecule has 1 heterocycles. The second-order valence-electron chi connectivity index (χ2n) is 9.14. The van der Waals surface area contributed by atoms with Crippen molar-refractivity contribution in [1.82, 2.24) is 20.4 Å². The van der Waals surface area contributed by atoms with Crippen LogP contribution in [0.25, 0.3) is 0 Å². The summed E-state index contributed by atoms with van der Waals surface area (Å²) in [4.78, 5) is 30.5. The minimum absolute atomic E-state index is 0.0312. The second-order valence-corrected chi connectivity index (χ2v) is 9.14. The van der Waals surface area contributed by atoms with E-state index < -0.39 is 6.04 Å². The molecule has 1 fully saturated rings. The van der Waals surface area contributed by atoms with E-state index in [-0.39, 0.29) is 17.7 Å². The molecule has 0 radical (unpaired) electrons. The molecule has 0 bridgehead atoms. The van der Waals surface area contributed by atoms with E-state index in [9.17, 15) is 9.59 Å². The number of para-hydroxylation sites is 1. The Morgan fingerprint density at radius 3 is 2.26 bits per heavy atom. The molecule has 184 valence electrons. The molecule has 2 aromatic rings. The predicted octanol–water partition coefficient (Wildman–Crippen LogP) is 2.77. The lowest BCUT2D eigenvalue weighted by Gasteiger charge is -2.34. The van der Waals surface area contributed by atoms with Gasteiger partial charge in [-0.05, 0) is 36.6 Å². The maximum Gasteiger partial charge on any atom is 0.255 e. The first-order valence-electron chi connectivity index (χ1n) is 12.2. The van der Waals surface area contributed by atoms with Gasteiger partial charge in [-0.3, -0.25) is 14.5 Å². The number of nitrogens with one attached hydrogen (secondary N) is 2. The molecule has 1 aliphatic rings. The Labute approximate surface area is 203 Å². The monoisotopic (exact) mass is 466 g/mol. The van der Waals surface area contributed by atoms with Crippen molar-refractivity contribution in [3.63, 3.8) is 0 Å². The zero-order valence-corrected chi connectivity index (χ0v) is 20.6. The lowest BCUT2D eigenvalue weighted by molar-refractivity contribution is -0.123. The molecule has 34 heavy (non-hydrogen) atoms. The molecule has 2 amide bonds. The highest BCUT2D eigenvalue weighted by atomic mass is 16.5. The fourth-order valence-electron chi connectivity index (χ4n) is 4.22. The zero-order chi connectivity index (χ0) is 24.3. The molecule has 0 aromatic heterocycles. The van der Waals surface area contributed by atoms with Gasteiger partial charge in [0.2, 0.25) is 5.91 Å². The van der Waals surface area contributed by atoms with Crippen LogP contribution in [-0.4, -0.2) is 74.0 Å². The number of hydrogen-bond donors (Lipinski definition) is 2. The molecule has 0 spiro atoms. The molecule has 0 saturated carbocycles. The van der Waals surface area contributed by atoms with Gasteiger partial charge in [0.25, 0.3) is 5.91 Å². The summed E-state index contributed by atoms with van der Waals surface area (Å²) in [7, 11) is 1.53. The molecular weight excluding hydrogens is 428 g/mol. The van der Waals surface area contributed by atoms with Gasteiger partial charge in [0.05, 0.1) is 12.7 Å². The topological polar surface area (TPSA) is 73.9 Å². The standard InChI is InChI=1S/C27H38N4O3/c1-21(2)25(29-26(32)23-12-7-8-13-24(23)34-3)27(33)28-14-9-15-30-16-18-31(19-17-30)20-22-10-5-4-6-11-22/h4-8,10-13,21,25H,9,14-20H2,1-3H3,(H,28,33)(H,29,32). The van der Waals surface area contributed by atoms with E-state index in [1.54, 1.807) is 18.2 Å². The number of nitrogens with zero attached hydrogens (tertiary/aromatic N) is 2. The van der Waals surface area contributed by atoms with Crippen LogP contribution in [-0.2, 0) is 11.3 Å². The van der Waals surface area contributed by atoms with Crippen molar-refractivity contribution in [3.05, 3.63) is 65.7 Å². The Kier molecular flexibility index (Phi) is 9.91. The van der Waals surface area contributed by atoms with Crippen LogP contribution in [0.5, 0.6) is 5.75 Å². The van der Waals surface area contributed by atoms with Crippen LogP contribution < -0.4 is 15.4 Å². The second kappa shape index (κ2) is 13.1. The third-order valence-corrected chi connectivity index (χ3v) is 6.25. The number of ether oxygens (including phenoxy) is 1. The number of rotatable bonds is 11. The molecule has 1 atom stereocenters. The SMILES string of the molecule is COc1ccccc1C(=O)NC(C(=O)NCCCN1CCN(Cc2ccccc2)CC1)C(C)C. The van der Waals surface area contributed by atoms with Gasteiger partial charge in [0.1, 0.15) is 11.8 Å². The van der Waals surface area contributed by atoms with E-state index in [1.165, 1.54) is 12.7 Å². The van der Waals surface area contributed by atoms with E-state index in [2.05, 4.69) is 50.8 Å². The third-order valence-electron chi connectivity index (χ3n) is 6.25. The summed E-state index contributed by atoms with van der Waals surface area (Å²) < 4.78 is 5.27. The first kappa shape index (κ1) is 25.7. The van der Waals surface area contributed by atoms with Crippen LogP contribution >= 0.6 is 0 Å². The number of carbonyl (C=O) groups is 2. The Morgan fingerprint density at radius 2 is 1.59 bits per heavy atom. The van der Waals surface area contributed by atoms with Gasteiger partial charge < -0.3 is 20.3 Å². The van der Waals surface area contributed by atoms with Crippen LogP contribution in [0.3, 0.4) is 0 Å². The normalized spacial score (nSPS) is 15.6. The summed E-state index contributed by atoms with van der Waals surface area (Å²) in [6, 6.07) is 17.0. The van der Waals surface area contributed by atoms with Crippen molar-refractivity contribution in [2.45, 2.75) is 32.9 Å². The fraction of sp³-hybridized carbons (Fsp3) is 0.481. The van der Waals surface area contributed by atoms with Crippen molar-refractivity contribution >= 4 is 11.8 Å². The molecule has 7 heteroatoms. The average molecular weight is 467 g/mol. The van der Waals surface area contributed by atoms with Gasteiger partial charge in [0.15, 0.2) is 0 Å². The highest BCUT2D eigenvalue weighted by Crippen LogP contribution is 2.17. The van der Waals surface area contributed by atoms with Crippen molar-refractivity contribution < 1.29 is 14.3 Å². The third kappa shape index (κ3) is 7.57. The minimum atomic E-state index is -0.598. The average Bonchev–Trinajstić information content (AvgIpc) is 2.86. The Balaban J connectivity index is 1.38. The maximum atomic E-state index is 12.8. The molecular formula is C27H38N4O3. The quantitative estimate of drug-likeness (QED) is 0.498. The Morgan fingerprint density at radius 1 is 0.941 bits per heavy atom. The van der Waals surface area contributed by atoms with E-state index in [1.807, 2.05) is 19.9 Å². The molecule has 1 saturated heterocycles. The summed E-state index contributed by atoms with van der Waals surface area (Å²) in [6.45, 7) is 10.6. The predicted molar refractivity (Wildman–Crippen MR) is 135 cm³/mol. The van der Waals surface area contributed by atoms with Crippen molar-refractivity contribution in [2.24, 2.45) is 5.92 Å². The van der Waals surface area contributed by atoms with Crippen LogP contribution in [0.15, 0.2) is 54.6 Å². The summed E-state index contributed by atoms with van der Waals surface area (Å²) >= 11 is 0. The van der Waals surface area contributed by atoms with Gasteiger partial charge in [-0.1, -0.05) is 56.3 Å². The Hall–Kier alpha value is -2.90. The molecule has 1 aliphatic heterocycles. The lowest BCUT2D eigenvalue weighted by atomic mass is 10.0. The zero-order valence-electron chi connectivity index (χ0n) is 20.6. The molecule has 0 aliphatic carbocycles. The van der Waals surface area contributed by atoms with E-state index in [0.29, 0.717) is 17.9 Å². The fourth-order valence-corrected chi connectivity index (χ4v) is 4.22. The van der Waals surface area contributed by atoms with Crippen LogP contribution in [0.1, 0.15) is 36.2 Å². The lowest BCUT2D eigenvalue weighted by Crippen LogP contribution is -2.50. The van der Waals surface area contributed by atoms with Crippen LogP contribution in [0.2, 0.25) is 0 Å². The number of benzene rings is 2. The van der Waals surface area contributed by atoms with Gasteiger partial charge in [-0.15, -0.1) is 0 Å². The molecule has 1 unspecified atom stereocenters. The van der Waals surface area contributed by atoms with Gasteiger partial charge >= 0.3 is 0 Å². The van der Waals surface area contributed by atoms with Gasteiger partial charge in [-0.25, -0.2) is 0 Å². The first-order chi connectivity index (χ1) is 16.5.